The van der Waals surface area contributed by atoms with Gasteiger partial charge in [0.2, 0.25) is 12.0 Å². The molecule has 1 aliphatic rings. The van der Waals surface area contributed by atoms with Crippen molar-refractivity contribution in [2.75, 3.05) is 13.2 Å². The van der Waals surface area contributed by atoms with Crippen molar-refractivity contribution in [3.05, 3.63) is 11.8 Å². The maximum absolute atomic E-state index is 11.4. The van der Waals surface area contributed by atoms with Gasteiger partial charge in [-0.25, -0.2) is 4.79 Å². The molecule has 0 amide bonds. The van der Waals surface area contributed by atoms with Gasteiger partial charge in [0.25, 0.3) is 0 Å². The molecule has 15 heavy (non-hydrogen) atoms. The molecule has 0 radical (unpaired) electrons. The minimum Gasteiger partial charge on any atom is -0.460 e. The number of carbonyl (C=O) groups is 1. The van der Waals surface area contributed by atoms with Crippen LogP contribution >= 0.6 is 0 Å². The Morgan fingerprint density at radius 2 is 2.13 bits per heavy atom. The Kier molecular flexibility index (Phi) is 3.74. The quantitative estimate of drug-likeness (QED) is 0.670. The summed E-state index contributed by atoms with van der Waals surface area (Å²) >= 11 is 0. The maximum atomic E-state index is 11.4. The fourth-order valence-electron chi connectivity index (χ4n) is 1.42. The summed E-state index contributed by atoms with van der Waals surface area (Å²) in [5.41, 5.74) is -0.294. The second-order valence-electron chi connectivity index (χ2n) is 3.96. The van der Waals surface area contributed by atoms with Crippen molar-refractivity contribution >= 4 is 5.97 Å². The molecule has 1 aliphatic heterocycles. The molecular formula is C11H18O4. The van der Waals surface area contributed by atoms with Crippen LogP contribution in [0.1, 0.15) is 27.7 Å². The average molecular weight is 214 g/mol. The molecule has 0 spiro atoms. The lowest BCUT2D eigenvalue weighted by molar-refractivity contribution is -0.162. The SMILES string of the molecule is CCOC(=O)C1=CC(C)(C)C(OCC)O1. The monoisotopic (exact) mass is 214 g/mol. The fraction of sp³-hybridized carbons (Fsp3) is 0.727. The van der Waals surface area contributed by atoms with Gasteiger partial charge < -0.3 is 14.2 Å². The third-order valence-corrected chi connectivity index (χ3v) is 2.14. The molecule has 1 unspecified atom stereocenters. The summed E-state index contributed by atoms with van der Waals surface area (Å²) in [5, 5.41) is 0. The van der Waals surface area contributed by atoms with Crippen LogP contribution in [0.15, 0.2) is 11.8 Å². The van der Waals surface area contributed by atoms with Gasteiger partial charge in [0, 0.05) is 12.0 Å². The van der Waals surface area contributed by atoms with Crippen LogP contribution in [0, 0.1) is 5.41 Å². The van der Waals surface area contributed by atoms with E-state index in [9.17, 15) is 4.79 Å². The molecule has 0 aromatic heterocycles. The Labute approximate surface area is 90.2 Å². The first-order valence-electron chi connectivity index (χ1n) is 5.19. The first kappa shape index (κ1) is 12.0. The van der Waals surface area contributed by atoms with Gasteiger partial charge in [0.15, 0.2) is 0 Å². The Bertz CT molecular complexity index is 268. The highest BCUT2D eigenvalue weighted by Crippen LogP contribution is 2.35. The molecule has 0 N–H and O–H groups in total. The highest BCUT2D eigenvalue weighted by molar-refractivity contribution is 5.86. The van der Waals surface area contributed by atoms with E-state index < -0.39 is 12.3 Å². The standard InChI is InChI=1S/C11H18O4/c1-5-13-9(12)8-7-11(3,4)10(15-8)14-6-2/h7,10H,5-6H2,1-4H3. The van der Waals surface area contributed by atoms with Crippen molar-refractivity contribution < 1.29 is 19.0 Å². The van der Waals surface area contributed by atoms with E-state index in [0.717, 1.165) is 0 Å². The van der Waals surface area contributed by atoms with Crippen molar-refractivity contribution in [2.24, 2.45) is 5.41 Å². The Morgan fingerprint density at radius 3 is 2.67 bits per heavy atom. The van der Waals surface area contributed by atoms with Crippen LogP contribution in [0.4, 0.5) is 0 Å². The third kappa shape index (κ3) is 2.72. The number of ether oxygens (including phenoxy) is 3. The van der Waals surface area contributed by atoms with E-state index in [4.69, 9.17) is 14.2 Å². The minimum atomic E-state index is -0.423. The van der Waals surface area contributed by atoms with Crippen LogP contribution in [-0.4, -0.2) is 25.5 Å². The number of hydrogen-bond acceptors (Lipinski definition) is 4. The summed E-state index contributed by atoms with van der Waals surface area (Å²) in [6, 6.07) is 0. The molecule has 0 aliphatic carbocycles. The van der Waals surface area contributed by atoms with E-state index in [1.54, 1.807) is 13.0 Å². The summed E-state index contributed by atoms with van der Waals surface area (Å²) < 4.78 is 15.6. The third-order valence-electron chi connectivity index (χ3n) is 2.14. The summed E-state index contributed by atoms with van der Waals surface area (Å²) in [7, 11) is 0. The molecule has 0 fully saturated rings. The van der Waals surface area contributed by atoms with Crippen LogP contribution in [0.5, 0.6) is 0 Å². The smallest absolute Gasteiger partial charge is 0.373 e. The topological polar surface area (TPSA) is 44.8 Å². The van der Waals surface area contributed by atoms with Gasteiger partial charge in [-0.15, -0.1) is 0 Å². The predicted octanol–water partition coefficient (Wildman–Crippen LogP) is 1.85. The van der Waals surface area contributed by atoms with Gasteiger partial charge in [-0.2, -0.15) is 0 Å². The number of carbonyl (C=O) groups excluding carboxylic acids is 1. The van der Waals surface area contributed by atoms with Crippen LogP contribution in [-0.2, 0) is 19.0 Å². The van der Waals surface area contributed by atoms with Crippen LogP contribution in [0.25, 0.3) is 0 Å². The van der Waals surface area contributed by atoms with Crippen molar-refractivity contribution in [2.45, 2.75) is 34.0 Å². The summed E-state index contributed by atoms with van der Waals surface area (Å²) in [6.07, 6.45) is 1.35. The molecule has 0 aromatic carbocycles. The highest BCUT2D eigenvalue weighted by Gasteiger charge is 2.39. The van der Waals surface area contributed by atoms with Gasteiger partial charge in [0.05, 0.1) is 6.61 Å². The molecule has 1 atom stereocenters. The normalized spacial score (nSPS) is 23.2. The molecule has 1 heterocycles. The van der Waals surface area contributed by atoms with E-state index in [2.05, 4.69) is 0 Å². The highest BCUT2D eigenvalue weighted by atomic mass is 16.7. The zero-order valence-corrected chi connectivity index (χ0v) is 9.70. The predicted molar refractivity (Wildman–Crippen MR) is 55.0 cm³/mol. The van der Waals surface area contributed by atoms with Crippen LogP contribution in [0.3, 0.4) is 0 Å². The molecule has 1 rings (SSSR count). The van der Waals surface area contributed by atoms with Gasteiger partial charge >= 0.3 is 5.97 Å². The van der Waals surface area contributed by atoms with Crippen LogP contribution in [0.2, 0.25) is 0 Å². The zero-order chi connectivity index (χ0) is 11.5. The van der Waals surface area contributed by atoms with Gasteiger partial charge in [-0.1, -0.05) is 13.8 Å². The molecule has 0 saturated heterocycles. The second kappa shape index (κ2) is 4.66. The Morgan fingerprint density at radius 1 is 1.47 bits per heavy atom. The van der Waals surface area contributed by atoms with Gasteiger partial charge in [0.1, 0.15) is 0 Å². The fourth-order valence-corrected chi connectivity index (χ4v) is 1.42. The summed E-state index contributed by atoms with van der Waals surface area (Å²) in [4.78, 5) is 11.4. The van der Waals surface area contributed by atoms with E-state index in [1.807, 2.05) is 20.8 Å². The van der Waals surface area contributed by atoms with Crippen LogP contribution < -0.4 is 0 Å². The van der Waals surface area contributed by atoms with E-state index >= 15 is 0 Å². The number of hydrogen-bond donors (Lipinski definition) is 0. The largest absolute Gasteiger partial charge is 0.460 e. The van der Waals surface area contributed by atoms with Crippen molar-refractivity contribution in [3.63, 3.8) is 0 Å². The maximum Gasteiger partial charge on any atom is 0.373 e. The molecule has 0 aromatic rings. The molecular weight excluding hydrogens is 196 g/mol. The van der Waals surface area contributed by atoms with Gasteiger partial charge in [-0.3, -0.25) is 0 Å². The second-order valence-corrected chi connectivity index (χ2v) is 3.96. The Balaban J connectivity index is 2.68. The van der Waals surface area contributed by atoms with Crippen molar-refractivity contribution in [1.82, 2.24) is 0 Å². The Hall–Kier alpha value is -1.03. The molecule has 86 valence electrons. The number of rotatable bonds is 4. The molecule has 0 bridgehead atoms. The summed E-state index contributed by atoms with van der Waals surface area (Å²) in [6.45, 7) is 8.47. The molecule has 4 nitrogen and oxygen atoms in total. The average Bonchev–Trinajstić information content (AvgIpc) is 2.44. The van der Waals surface area contributed by atoms with E-state index in [0.29, 0.717) is 13.2 Å². The van der Waals surface area contributed by atoms with E-state index in [-0.39, 0.29) is 11.2 Å². The summed E-state index contributed by atoms with van der Waals surface area (Å²) in [5.74, 6) is -0.173. The van der Waals surface area contributed by atoms with Crippen molar-refractivity contribution in [1.29, 1.82) is 0 Å². The van der Waals surface area contributed by atoms with Gasteiger partial charge in [-0.05, 0) is 19.9 Å². The molecule has 0 saturated carbocycles. The number of esters is 1. The molecule has 4 heteroatoms. The zero-order valence-electron chi connectivity index (χ0n) is 9.70. The first-order chi connectivity index (χ1) is 7.01. The first-order valence-corrected chi connectivity index (χ1v) is 5.19. The lowest BCUT2D eigenvalue weighted by Gasteiger charge is -2.23. The lowest BCUT2D eigenvalue weighted by Crippen LogP contribution is -2.28. The van der Waals surface area contributed by atoms with E-state index in [1.165, 1.54) is 0 Å². The van der Waals surface area contributed by atoms with Crippen molar-refractivity contribution in [3.8, 4) is 0 Å². The minimum absolute atomic E-state index is 0.250. The lowest BCUT2D eigenvalue weighted by atomic mass is 9.94.